The lowest BCUT2D eigenvalue weighted by Gasteiger charge is -2.31. The van der Waals surface area contributed by atoms with Crippen molar-refractivity contribution in [3.05, 3.63) is 69.1 Å². The first-order valence-electron chi connectivity index (χ1n) is 9.74. The summed E-state index contributed by atoms with van der Waals surface area (Å²) in [5.74, 6) is 1.29. The molecule has 2 aromatic carbocycles. The van der Waals surface area contributed by atoms with Gasteiger partial charge in [0, 0.05) is 12.0 Å². The number of hydrogen-bond acceptors (Lipinski definition) is 5. The lowest BCUT2D eigenvalue weighted by molar-refractivity contribution is 0.316. The van der Waals surface area contributed by atoms with Gasteiger partial charge in [0.2, 0.25) is 0 Å². The number of fused-ring (bicyclic) bond motifs is 3. The van der Waals surface area contributed by atoms with Gasteiger partial charge >= 0.3 is 0 Å². The van der Waals surface area contributed by atoms with E-state index in [2.05, 4.69) is 26.8 Å². The van der Waals surface area contributed by atoms with Gasteiger partial charge in [-0.25, -0.2) is 0 Å². The number of hydrogen-bond donors (Lipinski definition) is 0. The first-order valence-corrected chi connectivity index (χ1v) is 9.74. The molecular weight excluding hydrogens is 378 g/mol. The molecule has 0 saturated carbocycles. The normalized spacial score (nSPS) is 15.5. The topological polar surface area (TPSA) is 72.5 Å². The molecule has 1 atom stereocenters. The van der Waals surface area contributed by atoms with Gasteiger partial charge in [-0.2, -0.15) is 5.26 Å². The molecule has 5 nitrogen and oxygen atoms in total. The van der Waals surface area contributed by atoms with Gasteiger partial charge in [0.15, 0.2) is 16.9 Å². The summed E-state index contributed by atoms with van der Waals surface area (Å²) in [5.41, 5.74) is 2.63. The average molecular weight is 401 g/mol. The Morgan fingerprint density at radius 1 is 1.07 bits per heavy atom. The van der Waals surface area contributed by atoms with Gasteiger partial charge in [0.25, 0.3) is 0 Å². The fourth-order valence-corrected chi connectivity index (χ4v) is 4.21. The number of ether oxygens (including phenoxy) is 2. The van der Waals surface area contributed by atoms with Crippen LogP contribution in [-0.2, 0) is 0 Å². The summed E-state index contributed by atoms with van der Waals surface area (Å²) < 4.78 is 17.1. The van der Waals surface area contributed by atoms with Crippen molar-refractivity contribution >= 4 is 22.6 Å². The second kappa shape index (κ2) is 7.07. The predicted octanol–water partition coefficient (Wildman–Crippen LogP) is 5.37. The number of nitriles is 1. The summed E-state index contributed by atoms with van der Waals surface area (Å²) in [7, 11) is 3.07. The zero-order valence-corrected chi connectivity index (χ0v) is 17.7. The molecule has 0 aliphatic heterocycles. The Kier molecular flexibility index (Phi) is 4.66. The monoisotopic (exact) mass is 401 g/mol. The highest BCUT2D eigenvalue weighted by molar-refractivity contribution is 5.94. The van der Waals surface area contributed by atoms with Crippen LogP contribution in [0.3, 0.4) is 0 Å². The molecule has 0 N–H and O–H groups in total. The van der Waals surface area contributed by atoms with Crippen molar-refractivity contribution in [1.29, 1.82) is 5.26 Å². The van der Waals surface area contributed by atoms with Gasteiger partial charge in [0.1, 0.15) is 11.3 Å². The molecule has 0 bridgehead atoms. The standard InChI is InChI=1S/C25H23NO4/c1-25(2,3)22-16-9-7-6-8-15(16)14(13-26)10-18-23(27)17-11-20(28-4)21(29-5)12-19(17)30-24(18)22/h6-12,22H,1-5H3. The fraction of sp³-hybridized carbons (Fsp3) is 0.280. The first-order chi connectivity index (χ1) is 14.3. The van der Waals surface area contributed by atoms with Crippen LogP contribution in [0.2, 0.25) is 0 Å². The van der Waals surface area contributed by atoms with E-state index in [1.807, 2.05) is 24.3 Å². The maximum atomic E-state index is 13.6. The van der Waals surface area contributed by atoms with E-state index >= 15 is 0 Å². The zero-order chi connectivity index (χ0) is 21.6. The van der Waals surface area contributed by atoms with E-state index < -0.39 is 0 Å². The summed E-state index contributed by atoms with van der Waals surface area (Å²) in [6.45, 7) is 6.32. The lowest BCUT2D eigenvalue weighted by atomic mass is 9.73. The Morgan fingerprint density at radius 3 is 2.37 bits per heavy atom. The van der Waals surface area contributed by atoms with Crippen molar-refractivity contribution in [2.75, 3.05) is 14.2 Å². The summed E-state index contributed by atoms with van der Waals surface area (Å²) in [6.07, 6.45) is 1.65. The van der Waals surface area contributed by atoms with Crippen molar-refractivity contribution in [3.63, 3.8) is 0 Å². The van der Waals surface area contributed by atoms with E-state index in [9.17, 15) is 10.1 Å². The highest BCUT2D eigenvalue weighted by Crippen LogP contribution is 2.47. The number of allylic oxidation sites excluding steroid dienone is 1. The van der Waals surface area contributed by atoms with Crippen LogP contribution in [-0.4, -0.2) is 14.2 Å². The van der Waals surface area contributed by atoms with Crippen molar-refractivity contribution in [2.45, 2.75) is 26.7 Å². The minimum absolute atomic E-state index is 0.193. The van der Waals surface area contributed by atoms with E-state index in [1.54, 1.807) is 25.3 Å². The third-order valence-corrected chi connectivity index (χ3v) is 5.56. The molecule has 0 amide bonds. The molecule has 1 unspecified atom stereocenters. The molecular formula is C25H23NO4. The molecule has 30 heavy (non-hydrogen) atoms. The second-order valence-corrected chi connectivity index (χ2v) is 8.47. The van der Waals surface area contributed by atoms with Crippen molar-refractivity contribution < 1.29 is 13.9 Å². The Labute approximate surface area is 175 Å². The fourth-order valence-electron chi connectivity index (χ4n) is 4.21. The third-order valence-electron chi connectivity index (χ3n) is 5.56. The molecule has 1 heterocycles. The maximum Gasteiger partial charge on any atom is 0.200 e. The van der Waals surface area contributed by atoms with Crippen molar-refractivity contribution in [1.82, 2.24) is 0 Å². The first kappa shape index (κ1) is 19.8. The van der Waals surface area contributed by atoms with Crippen LogP contribution in [0, 0.1) is 16.7 Å². The van der Waals surface area contributed by atoms with Crippen LogP contribution in [0.25, 0.3) is 22.6 Å². The van der Waals surface area contributed by atoms with Crippen LogP contribution in [0.1, 0.15) is 49.1 Å². The molecule has 3 aromatic rings. The van der Waals surface area contributed by atoms with E-state index in [-0.39, 0.29) is 16.8 Å². The molecule has 4 rings (SSSR count). The smallest absolute Gasteiger partial charge is 0.200 e. The van der Waals surface area contributed by atoms with Crippen LogP contribution >= 0.6 is 0 Å². The molecule has 5 heteroatoms. The highest BCUT2D eigenvalue weighted by Gasteiger charge is 2.37. The lowest BCUT2D eigenvalue weighted by Crippen LogP contribution is -2.23. The number of benzene rings is 2. The molecule has 0 spiro atoms. The van der Waals surface area contributed by atoms with E-state index in [0.717, 1.165) is 11.1 Å². The molecule has 0 radical (unpaired) electrons. The van der Waals surface area contributed by atoms with Crippen molar-refractivity contribution in [2.24, 2.45) is 5.41 Å². The molecule has 1 aromatic heterocycles. The van der Waals surface area contributed by atoms with Gasteiger partial charge in [0.05, 0.1) is 36.8 Å². The molecule has 152 valence electrons. The minimum Gasteiger partial charge on any atom is -0.493 e. The summed E-state index contributed by atoms with van der Waals surface area (Å²) in [5, 5.41) is 10.2. The second-order valence-electron chi connectivity index (χ2n) is 8.47. The van der Waals surface area contributed by atoms with E-state index in [1.165, 1.54) is 7.11 Å². The zero-order valence-electron chi connectivity index (χ0n) is 17.7. The van der Waals surface area contributed by atoms with Crippen LogP contribution in [0.5, 0.6) is 11.5 Å². The largest absolute Gasteiger partial charge is 0.493 e. The van der Waals surface area contributed by atoms with Crippen LogP contribution in [0.15, 0.2) is 45.6 Å². The Balaban J connectivity index is 2.17. The number of rotatable bonds is 2. The molecule has 1 aliphatic carbocycles. The molecule has 0 saturated heterocycles. The van der Waals surface area contributed by atoms with Gasteiger partial charge in [-0.05, 0) is 28.7 Å². The predicted molar refractivity (Wildman–Crippen MR) is 117 cm³/mol. The van der Waals surface area contributed by atoms with Gasteiger partial charge < -0.3 is 13.9 Å². The van der Waals surface area contributed by atoms with Crippen LogP contribution < -0.4 is 14.9 Å². The number of nitrogens with zero attached hydrogens (tertiary/aromatic N) is 1. The van der Waals surface area contributed by atoms with E-state index in [4.69, 9.17) is 13.9 Å². The van der Waals surface area contributed by atoms with Crippen LogP contribution in [0.4, 0.5) is 0 Å². The summed E-state index contributed by atoms with van der Waals surface area (Å²) >= 11 is 0. The highest BCUT2D eigenvalue weighted by atomic mass is 16.5. The minimum atomic E-state index is -0.260. The Hall–Kier alpha value is -3.52. The summed E-state index contributed by atoms with van der Waals surface area (Å²) in [6, 6.07) is 13.4. The van der Waals surface area contributed by atoms with Gasteiger partial charge in [-0.15, -0.1) is 0 Å². The SMILES string of the molecule is COc1cc2oc3c(c(=O)c2cc1OC)C=C(C#N)c1ccccc1C3C(C)(C)C. The van der Waals surface area contributed by atoms with Gasteiger partial charge in [-0.3, -0.25) is 4.79 Å². The maximum absolute atomic E-state index is 13.6. The number of methoxy groups -OCH3 is 2. The molecule has 1 aliphatic rings. The quantitative estimate of drug-likeness (QED) is 0.577. The Bertz CT molecular complexity index is 1290. The van der Waals surface area contributed by atoms with Gasteiger partial charge in [-0.1, -0.05) is 45.0 Å². The average Bonchev–Trinajstić information content (AvgIpc) is 2.87. The summed E-state index contributed by atoms with van der Waals surface area (Å²) in [4.78, 5) is 13.6. The third kappa shape index (κ3) is 2.96. The Morgan fingerprint density at radius 2 is 1.73 bits per heavy atom. The van der Waals surface area contributed by atoms with Crippen molar-refractivity contribution in [3.8, 4) is 17.6 Å². The molecule has 0 fully saturated rings. The van der Waals surface area contributed by atoms with E-state index in [0.29, 0.717) is 39.4 Å².